The van der Waals surface area contributed by atoms with Crippen molar-refractivity contribution >= 4 is 76.2 Å². The molecule has 4 aromatic heterocycles. The number of rotatable bonds is 2. The van der Waals surface area contributed by atoms with Gasteiger partial charge in [-0.2, -0.15) is 0 Å². The monoisotopic (exact) mass is 668 g/mol. The van der Waals surface area contributed by atoms with E-state index in [0.29, 0.717) is 0 Å². The van der Waals surface area contributed by atoms with Gasteiger partial charge in [0.05, 0.1) is 33.1 Å². The SMILES string of the molecule is CC(C)(C)c1ccc2c(c1)c1c(-c3ccccc3)ccc3c4cc5c(cc4n2c31)c1ccc(-c2ccccc2)c2c3cc(C(C)(C)C)ccc3n5c12. The van der Waals surface area contributed by atoms with Gasteiger partial charge in [-0.1, -0.05) is 139 Å². The van der Waals surface area contributed by atoms with Gasteiger partial charge in [0.25, 0.3) is 0 Å². The summed E-state index contributed by atoms with van der Waals surface area (Å²) in [6.45, 7) is 13.9. The Morgan fingerprint density at radius 1 is 0.346 bits per heavy atom. The lowest BCUT2D eigenvalue weighted by molar-refractivity contribution is 0.591. The molecule has 0 amide bonds. The summed E-state index contributed by atoms with van der Waals surface area (Å²) in [5.74, 6) is 0. The van der Waals surface area contributed by atoms with Crippen LogP contribution < -0.4 is 0 Å². The third-order valence-corrected chi connectivity index (χ3v) is 11.9. The van der Waals surface area contributed by atoms with Crippen molar-refractivity contribution in [1.29, 1.82) is 0 Å². The topological polar surface area (TPSA) is 8.82 Å². The highest BCUT2D eigenvalue weighted by Crippen LogP contribution is 2.49. The lowest BCUT2D eigenvalue weighted by Gasteiger charge is -2.19. The summed E-state index contributed by atoms with van der Waals surface area (Å²) in [7, 11) is 0. The number of hydrogen-bond acceptors (Lipinski definition) is 0. The minimum absolute atomic E-state index is 0.0527. The Morgan fingerprint density at radius 2 is 0.750 bits per heavy atom. The zero-order valence-corrected chi connectivity index (χ0v) is 30.6. The van der Waals surface area contributed by atoms with Crippen LogP contribution in [0.25, 0.3) is 98.4 Å². The number of benzene rings is 7. The number of aromatic nitrogens is 2. The lowest BCUT2D eigenvalue weighted by atomic mass is 9.86. The van der Waals surface area contributed by atoms with Gasteiger partial charge in [-0.15, -0.1) is 0 Å². The van der Waals surface area contributed by atoms with Gasteiger partial charge in [-0.3, -0.25) is 0 Å². The molecule has 0 saturated carbocycles. The van der Waals surface area contributed by atoms with Crippen molar-refractivity contribution in [2.45, 2.75) is 52.4 Å². The van der Waals surface area contributed by atoms with Crippen molar-refractivity contribution in [3.05, 3.63) is 145 Å². The Balaban J connectivity index is 1.32. The van der Waals surface area contributed by atoms with Crippen molar-refractivity contribution in [3.8, 4) is 22.3 Å². The van der Waals surface area contributed by atoms with Crippen LogP contribution in [0.4, 0.5) is 0 Å². The molecule has 0 spiro atoms. The Hall–Kier alpha value is -5.86. The smallest absolute Gasteiger partial charge is 0.0626 e. The van der Waals surface area contributed by atoms with Gasteiger partial charge >= 0.3 is 0 Å². The van der Waals surface area contributed by atoms with E-state index in [1.54, 1.807) is 0 Å². The van der Waals surface area contributed by atoms with Crippen LogP contribution in [0.1, 0.15) is 52.7 Å². The summed E-state index contributed by atoms with van der Waals surface area (Å²) in [6, 6.07) is 50.6. The highest BCUT2D eigenvalue weighted by Gasteiger charge is 2.26. The molecule has 52 heavy (non-hydrogen) atoms. The minimum atomic E-state index is 0.0527. The summed E-state index contributed by atoms with van der Waals surface area (Å²) in [4.78, 5) is 0. The number of hydrogen-bond donors (Lipinski definition) is 0. The molecule has 0 unspecified atom stereocenters. The molecular formula is C50H40N2. The van der Waals surface area contributed by atoms with E-state index >= 15 is 0 Å². The van der Waals surface area contributed by atoms with Crippen molar-refractivity contribution in [1.82, 2.24) is 8.80 Å². The number of fused-ring (bicyclic) bond motifs is 12. The Bertz CT molecular complexity index is 2990. The van der Waals surface area contributed by atoms with Crippen LogP contribution in [0.15, 0.2) is 133 Å². The average Bonchev–Trinajstić information content (AvgIpc) is 3.86. The standard InChI is InChI=1S/C50H40N2/c1-49(2,3)31-17-23-41-39(25-31)45-33(29-13-9-7-10-14-29)19-21-35-37-28-44-38(27-43(37)51(41)47(35)45)36-22-20-34(30-15-11-8-12-16-30)46-40-26-32(50(4,5)6)18-24-42(40)52(44)48(36)46/h7-28H,1-6H3. The maximum Gasteiger partial charge on any atom is 0.0626 e. The first kappa shape index (κ1) is 29.8. The van der Waals surface area contributed by atoms with E-state index in [1.165, 1.54) is 110 Å². The molecule has 0 saturated heterocycles. The molecule has 2 nitrogen and oxygen atoms in total. The van der Waals surface area contributed by atoms with E-state index in [-0.39, 0.29) is 10.8 Å². The predicted octanol–water partition coefficient (Wildman–Crippen LogP) is 13.9. The fourth-order valence-electron chi connectivity index (χ4n) is 9.26. The highest BCUT2D eigenvalue weighted by molar-refractivity contribution is 6.31. The van der Waals surface area contributed by atoms with Crippen LogP contribution in [0.3, 0.4) is 0 Å². The molecule has 0 aliphatic carbocycles. The van der Waals surface area contributed by atoms with Crippen molar-refractivity contribution in [2.24, 2.45) is 0 Å². The van der Waals surface area contributed by atoms with Gasteiger partial charge in [0.1, 0.15) is 0 Å². The Labute approximate surface area is 303 Å². The van der Waals surface area contributed by atoms with E-state index in [9.17, 15) is 0 Å². The van der Waals surface area contributed by atoms with E-state index in [0.717, 1.165) is 0 Å². The van der Waals surface area contributed by atoms with Crippen LogP contribution >= 0.6 is 0 Å². The van der Waals surface area contributed by atoms with E-state index in [4.69, 9.17) is 0 Å². The average molecular weight is 669 g/mol. The summed E-state index contributed by atoms with van der Waals surface area (Å²) in [5.41, 5.74) is 15.6. The molecular weight excluding hydrogens is 629 g/mol. The van der Waals surface area contributed by atoms with Crippen molar-refractivity contribution in [3.63, 3.8) is 0 Å². The van der Waals surface area contributed by atoms with Gasteiger partial charge in [0.2, 0.25) is 0 Å². The normalized spacial score (nSPS) is 13.2. The van der Waals surface area contributed by atoms with Crippen LogP contribution in [0, 0.1) is 0 Å². The third-order valence-electron chi connectivity index (χ3n) is 11.9. The molecule has 250 valence electrons. The Kier molecular flexibility index (Phi) is 5.69. The van der Waals surface area contributed by atoms with E-state index in [1.807, 2.05) is 0 Å². The summed E-state index contributed by atoms with van der Waals surface area (Å²) in [6.07, 6.45) is 0. The van der Waals surface area contributed by atoms with Crippen LogP contribution in [-0.2, 0) is 10.8 Å². The first-order chi connectivity index (χ1) is 25.1. The van der Waals surface area contributed by atoms with E-state index < -0.39 is 0 Å². The van der Waals surface area contributed by atoms with Gasteiger partial charge in [-0.25, -0.2) is 0 Å². The molecule has 4 heterocycles. The van der Waals surface area contributed by atoms with Gasteiger partial charge < -0.3 is 8.80 Å². The predicted molar refractivity (Wildman–Crippen MR) is 224 cm³/mol. The lowest BCUT2D eigenvalue weighted by Crippen LogP contribution is -2.10. The molecule has 0 aliphatic heterocycles. The minimum Gasteiger partial charge on any atom is -0.308 e. The van der Waals surface area contributed by atoms with Crippen LogP contribution in [0.5, 0.6) is 0 Å². The molecule has 2 heteroatoms. The molecule has 0 radical (unpaired) electrons. The zero-order chi connectivity index (χ0) is 35.3. The second-order valence-corrected chi connectivity index (χ2v) is 17.0. The summed E-state index contributed by atoms with van der Waals surface area (Å²) >= 11 is 0. The van der Waals surface area contributed by atoms with Gasteiger partial charge in [0.15, 0.2) is 0 Å². The fourth-order valence-corrected chi connectivity index (χ4v) is 9.26. The molecule has 0 fully saturated rings. The molecule has 0 bridgehead atoms. The first-order valence-corrected chi connectivity index (χ1v) is 18.6. The van der Waals surface area contributed by atoms with E-state index in [2.05, 4.69) is 184 Å². The van der Waals surface area contributed by atoms with Crippen molar-refractivity contribution in [2.75, 3.05) is 0 Å². The maximum absolute atomic E-state index is 2.56. The zero-order valence-electron chi connectivity index (χ0n) is 30.6. The molecule has 0 aliphatic rings. The summed E-state index contributed by atoms with van der Waals surface area (Å²) in [5, 5.41) is 10.6. The second-order valence-electron chi connectivity index (χ2n) is 17.0. The van der Waals surface area contributed by atoms with Crippen molar-refractivity contribution < 1.29 is 0 Å². The summed E-state index contributed by atoms with van der Waals surface area (Å²) < 4.78 is 5.12. The van der Waals surface area contributed by atoms with Crippen LogP contribution in [0.2, 0.25) is 0 Å². The third kappa shape index (κ3) is 3.85. The fraction of sp³-hybridized carbons (Fsp3) is 0.160. The molecule has 0 N–H and O–H groups in total. The first-order valence-electron chi connectivity index (χ1n) is 18.6. The Morgan fingerprint density at radius 3 is 1.13 bits per heavy atom. The maximum atomic E-state index is 2.56. The number of nitrogens with zero attached hydrogens (tertiary/aromatic N) is 2. The molecule has 7 aromatic carbocycles. The van der Waals surface area contributed by atoms with Gasteiger partial charge in [-0.05, 0) is 80.6 Å². The molecule has 11 rings (SSSR count). The molecule has 0 atom stereocenters. The second kappa shape index (κ2) is 9.92. The van der Waals surface area contributed by atoms with Crippen LogP contribution in [-0.4, -0.2) is 8.80 Å². The van der Waals surface area contributed by atoms with Gasteiger partial charge in [0, 0.05) is 43.1 Å². The molecule has 11 aromatic rings. The quantitative estimate of drug-likeness (QED) is 0.173. The highest BCUT2D eigenvalue weighted by atomic mass is 14.9. The largest absolute Gasteiger partial charge is 0.308 e.